The molecule has 0 saturated carbocycles. The SMILES string of the molecule is CCC(C)NS(=O)(=O)c1cccc(NC(=O)C(C)C(N)c2ccccc2)c1. The summed E-state index contributed by atoms with van der Waals surface area (Å²) in [7, 11) is -3.64. The fourth-order valence-corrected chi connectivity index (χ4v) is 3.91. The summed E-state index contributed by atoms with van der Waals surface area (Å²) in [4.78, 5) is 12.7. The van der Waals surface area contributed by atoms with Gasteiger partial charge in [-0.15, -0.1) is 0 Å². The molecule has 0 fully saturated rings. The number of hydrogen-bond donors (Lipinski definition) is 3. The summed E-state index contributed by atoms with van der Waals surface area (Å²) >= 11 is 0. The number of carbonyl (C=O) groups excluding carboxylic acids is 1. The summed E-state index contributed by atoms with van der Waals surface area (Å²) in [5.74, 6) is -0.748. The second-order valence-electron chi connectivity index (χ2n) is 6.67. The molecule has 3 unspecified atom stereocenters. The molecule has 0 aliphatic carbocycles. The van der Waals surface area contributed by atoms with Crippen molar-refractivity contribution in [2.45, 2.75) is 44.2 Å². The normalized spacial score (nSPS) is 15.0. The molecule has 0 bridgehead atoms. The maximum absolute atomic E-state index is 12.6. The van der Waals surface area contributed by atoms with Crippen LogP contribution in [0.2, 0.25) is 0 Å². The second kappa shape index (κ2) is 9.12. The maximum atomic E-state index is 12.6. The number of hydrogen-bond acceptors (Lipinski definition) is 4. The Labute approximate surface area is 161 Å². The molecule has 0 heterocycles. The third-order valence-corrected chi connectivity index (χ3v) is 6.10. The van der Waals surface area contributed by atoms with Crippen LogP contribution in [0.25, 0.3) is 0 Å². The van der Waals surface area contributed by atoms with Gasteiger partial charge in [0.25, 0.3) is 0 Å². The smallest absolute Gasteiger partial charge is 0.240 e. The van der Waals surface area contributed by atoms with Gasteiger partial charge in [-0.1, -0.05) is 50.2 Å². The highest BCUT2D eigenvalue weighted by molar-refractivity contribution is 7.89. The molecule has 1 amide bonds. The minimum absolute atomic E-state index is 0.112. The van der Waals surface area contributed by atoms with Crippen LogP contribution < -0.4 is 15.8 Å². The molecule has 6 nitrogen and oxygen atoms in total. The topological polar surface area (TPSA) is 101 Å². The molecule has 146 valence electrons. The van der Waals surface area contributed by atoms with Gasteiger partial charge < -0.3 is 11.1 Å². The van der Waals surface area contributed by atoms with E-state index >= 15 is 0 Å². The Hall–Kier alpha value is -2.22. The van der Waals surface area contributed by atoms with Gasteiger partial charge in [0.05, 0.1) is 10.8 Å². The Morgan fingerprint density at radius 1 is 1.07 bits per heavy atom. The van der Waals surface area contributed by atoms with E-state index in [2.05, 4.69) is 10.0 Å². The van der Waals surface area contributed by atoms with Gasteiger partial charge in [0, 0.05) is 17.8 Å². The van der Waals surface area contributed by atoms with Crippen LogP contribution in [0.15, 0.2) is 59.5 Å². The van der Waals surface area contributed by atoms with E-state index in [4.69, 9.17) is 5.73 Å². The molecule has 0 radical (unpaired) electrons. The van der Waals surface area contributed by atoms with Crippen LogP contribution in [0.4, 0.5) is 5.69 Å². The van der Waals surface area contributed by atoms with Crippen molar-refractivity contribution in [1.29, 1.82) is 0 Å². The molecule has 3 atom stereocenters. The molecular weight excluding hydrogens is 362 g/mol. The minimum atomic E-state index is -3.64. The molecule has 2 aromatic rings. The minimum Gasteiger partial charge on any atom is -0.326 e. The molecule has 0 saturated heterocycles. The van der Waals surface area contributed by atoms with Crippen molar-refractivity contribution in [3.63, 3.8) is 0 Å². The molecule has 2 rings (SSSR count). The fraction of sp³-hybridized carbons (Fsp3) is 0.350. The lowest BCUT2D eigenvalue weighted by Gasteiger charge is -2.20. The number of nitrogens with one attached hydrogen (secondary N) is 2. The van der Waals surface area contributed by atoms with Gasteiger partial charge in [0.1, 0.15) is 0 Å². The van der Waals surface area contributed by atoms with E-state index in [0.717, 1.165) is 5.56 Å². The van der Waals surface area contributed by atoms with Crippen LogP contribution in [0.5, 0.6) is 0 Å². The Morgan fingerprint density at radius 3 is 2.37 bits per heavy atom. The highest BCUT2D eigenvalue weighted by atomic mass is 32.2. The summed E-state index contributed by atoms with van der Waals surface area (Å²) in [5.41, 5.74) is 7.48. The Bertz CT molecular complexity index is 869. The van der Waals surface area contributed by atoms with Crippen molar-refractivity contribution >= 4 is 21.6 Å². The summed E-state index contributed by atoms with van der Waals surface area (Å²) in [6.45, 7) is 5.45. The largest absolute Gasteiger partial charge is 0.326 e. The lowest BCUT2D eigenvalue weighted by atomic mass is 9.94. The van der Waals surface area contributed by atoms with Crippen molar-refractivity contribution in [2.24, 2.45) is 11.7 Å². The van der Waals surface area contributed by atoms with Gasteiger partial charge in [0.2, 0.25) is 15.9 Å². The van der Waals surface area contributed by atoms with Gasteiger partial charge in [0.15, 0.2) is 0 Å². The van der Waals surface area contributed by atoms with Crippen LogP contribution in [0, 0.1) is 5.92 Å². The summed E-state index contributed by atoms with van der Waals surface area (Å²) in [5, 5.41) is 2.76. The Kier molecular flexibility index (Phi) is 7.12. The monoisotopic (exact) mass is 389 g/mol. The van der Waals surface area contributed by atoms with E-state index in [9.17, 15) is 13.2 Å². The summed E-state index contributed by atoms with van der Waals surface area (Å²) in [6, 6.07) is 15.0. The maximum Gasteiger partial charge on any atom is 0.240 e. The van der Waals surface area contributed by atoms with Crippen LogP contribution in [-0.2, 0) is 14.8 Å². The number of rotatable bonds is 8. The van der Waals surface area contributed by atoms with Crippen molar-refractivity contribution in [2.75, 3.05) is 5.32 Å². The first-order valence-electron chi connectivity index (χ1n) is 8.98. The van der Waals surface area contributed by atoms with Crippen LogP contribution in [0.1, 0.15) is 38.8 Å². The third kappa shape index (κ3) is 5.63. The predicted octanol–water partition coefficient (Wildman–Crippen LogP) is 3.04. The molecule has 0 aliphatic heterocycles. The number of sulfonamides is 1. The van der Waals surface area contributed by atoms with E-state index in [0.29, 0.717) is 12.1 Å². The van der Waals surface area contributed by atoms with Gasteiger partial charge in [-0.3, -0.25) is 4.79 Å². The number of anilines is 1. The average molecular weight is 390 g/mol. The highest BCUT2D eigenvalue weighted by Crippen LogP contribution is 2.22. The highest BCUT2D eigenvalue weighted by Gasteiger charge is 2.23. The van der Waals surface area contributed by atoms with E-state index in [1.54, 1.807) is 26.0 Å². The number of amides is 1. The Balaban J connectivity index is 2.12. The zero-order chi connectivity index (χ0) is 20.0. The third-order valence-electron chi connectivity index (χ3n) is 4.52. The van der Waals surface area contributed by atoms with E-state index in [1.165, 1.54) is 12.1 Å². The van der Waals surface area contributed by atoms with Crippen LogP contribution in [0.3, 0.4) is 0 Å². The van der Waals surface area contributed by atoms with Gasteiger partial charge >= 0.3 is 0 Å². The summed E-state index contributed by atoms with van der Waals surface area (Å²) in [6.07, 6.45) is 0.685. The zero-order valence-corrected chi connectivity index (χ0v) is 16.7. The lowest BCUT2D eigenvalue weighted by molar-refractivity contribution is -0.120. The average Bonchev–Trinajstić information content (AvgIpc) is 2.67. The van der Waals surface area contributed by atoms with Crippen molar-refractivity contribution < 1.29 is 13.2 Å². The molecular formula is C20H27N3O3S. The first-order chi connectivity index (χ1) is 12.7. The van der Waals surface area contributed by atoms with Crippen LogP contribution in [-0.4, -0.2) is 20.4 Å². The molecule has 7 heteroatoms. The number of benzene rings is 2. The van der Waals surface area contributed by atoms with E-state index in [1.807, 2.05) is 37.3 Å². The fourth-order valence-electron chi connectivity index (χ4n) is 2.54. The number of carbonyl (C=O) groups is 1. The standard InChI is InChI=1S/C20H27N3O3S/c1-4-14(2)23-27(25,26)18-12-8-11-17(13-18)22-20(24)15(3)19(21)16-9-6-5-7-10-16/h5-15,19,23H,4,21H2,1-3H3,(H,22,24). The first kappa shape index (κ1) is 21.1. The predicted molar refractivity (Wildman–Crippen MR) is 108 cm³/mol. The molecule has 0 aromatic heterocycles. The van der Waals surface area contributed by atoms with Gasteiger partial charge in [-0.25, -0.2) is 13.1 Å². The Morgan fingerprint density at radius 2 is 1.74 bits per heavy atom. The van der Waals surface area contributed by atoms with Crippen molar-refractivity contribution in [1.82, 2.24) is 4.72 Å². The number of nitrogens with two attached hydrogens (primary N) is 1. The van der Waals surface area contributed by atoms with E-state index < -0.39 is 22.0 Å². The lowest BCUT2D eigenvalue weighted by Crippen LogP contribution is -2.32. The quantitative estimate of drug-likeness (QED) is 0.646. The van der Waals surface area contributed by atoms with E-state index in [-0.39, 0.29) is 16.8 Å². The molecule has 27 heavy (non-hydrogen) atoms. The van der Waals surface area contributed by atoms with Crippen molar-refractivity contribution in [3.8, 4) is 0 Å². The van der Waals surface area contributed by atoms with Gasteiger partial charge in [-0.05, 0) is 37.1 Å². The summed E-state index contributed by atoms with van der Waals surface area (Å²) < 4.78 is 27.5. The molecule has 0 spiro atoms. The molecule has 4 N–H and O–H groups in total. The first-order valence-corrected chi connectivity index (χ1v) is 10.5. The molecule has 0 aliphatic rings. The zero-order valence-electron chi connectivity index (χ0n) is 15.8. The van der Waals surface area contributed by atoms with Crippen LogP contribution >= 0.6 is 0 Å². The van der Waals surface area contributed by atoms with Gasteiger partial charge in [-0.2, -0.15) is 0 Å². The second-order valence-corrected chi connectivity index (χ2v) is 8.39. The molecule has 2 aromatic carbocycles. The van der Waals surface area contributed by atoms with Crippen molar-refractivity contribution in [3.05, 3.63) is 60.2 Å².